The van der Waals surface area contributed by atoms with E-state index >= 15 is 0 Å². The maximum Gasteiger partial charge on any atom is 0.256 e. The lowest BCUT2D eigenvalue weighted by Crippen LogP contribution is -2.36. The lowest BCUT2D eigenvalue weighted by atomic mass is 10.1. The molecule has 1 fully saturated rings. The van der Waals surface area contributed by atoms with Gasteiger partial charge in [-0.2, -0.15) is 0 Å². The zero-order valence-electron chi connectivity index (χ0n) is 17.7. The van der Waals surface area contributed by atoms with Crippen molar-refractivity contribution in [1.29, 1.82) is 0 Å². The summed E-state index contributed by atoms with van der Waals surface area (Å²) in [5, 5.41) is 6.09. The summed E-state index contributed by atoms with van der Waals surface area (Å²) >= 11 is 1.54. The van der Waals surface area contributed by atoms with Gasteiger partial charge in [0.25, 0.3) is 11.8 Å². The average Bonchev–Trinajstić information content (AvgIpc) is 3.31. The van der Waals surface area contributed by atoms with Crippen LogP contribution in [0.5, 0.6) is 0 Å². The third-order valence-corrected chi connectivity index (χ3v) is 7.22. The van der Waals surface area contributed by atoms with Gasteiger partial charge in [-0.3, -0.25) is 14.5 Å². The zero-order chi connectivity index (χ0) is 21.9. The Morgan fingerprint density at radius 1 is 0.969 bits per heavy atom. The van der Waals surface area contributed by atoms with E-state index in [0.717, 1.165) is 22.9 Å². The smallest absolute Gasteiger partial charge is 0.256 e. The molecule has 6 heteroatoms. The summed E-state index contributed by atoms with van der Waals surface area (Å²) in [6.07, 6.45) is 2.39. The Hall–Kier alpha value is -3.09. The second-order valence-corrected chi connectivity index (χ2v) is 9.23. The number of amides is 2. The highest BCUT2D eigenvalue weighted by Crippen LogP contribution is 2.39. The van der Waals surface area contributed by atoms with Crippen LogP contribution < -0.4 is 10.6 Å². The zero-order valence-corrected chi connectivity index (χ0v) is 18.5. The van der Waals surface area contributed by atoms with Crippen molar-refractivity contribution in [2.24, 2.45) is 0 Å². The molecule has 5 nitrogen and oxygen atoms in total. The van der Waals surface area contributed by atoms with Gasteiger partial charge < -0.3 is 10.6 Å². The molecule has 2 aliphatic rings. The molecule has 0 bridgehead atoms. The van der Waals surface area contributed by atoms with Crippen LogP contribution in [0.15, 0.2) is 82.6 Å². The fraction of sp³-hybridized carbons (Fsp3) is 0.231. The predicted molar refractivity (Wildman–Crippen MR) is 127 cm³/mol. The molecule has 162 valence electrons. The molecule has 2 N–H and O–H groups in total. The van der Waals surface area contributed by atoms with E-state index in [9.17, 15) is 9.59 Å². The number of rotatable bonds is 5. The molecule has 0 aromatic heterocycles. The summed E-state index contributed by atoms with van der Waals surface area (Å²) in [7, 11) is 0. The quantitative estimate of drug-likeness (QED) is 0.584. The molecule has 3 aromatic rings. The van der Waals surface area contributed by atoms with Gasteiger partial charge in [-0.05, 0) is 61.8 Å². The first-order valence-corrected chi connectivity index (χ1v) is 11.8. The van der Waals surface area contributed by atoms with Gasteiger partial charge >= 0.3 is 0 Å². The molecule has 0 spiro atoms. The van der Waals surface area contributed by atoms with Gasteiger partial charge in [-0.15, -0.1) is 0 Å². The van der Waals surface area contributed by atoms with Crippen molar-refractivity contribution in [2.75, 3.05) is 25.0 Å². The monoisotopic (exact) mass is 443 g/mol. The molecule has 0 aliphatic carbocycles. The van der Waals surface area contributed by atoms with E-state index in [-0.39, 0.29) is 17.9 Å². The van der Waals surface area contributed by atoms with Crippen LogP contribution in [0.3, 0.4) is 0 Å². The molecule has 3 aromatic carbocycles. The van der Waals surface area contributed by atoms with Gasteiger partial charge in [0.15, 0.2) is 0 Å². The lowest BCUT2D eigenvalue weighted by molar-refractivity contribution is 0.0936. The SMILES string of the molecule is O=C(NCC(c1ccccc1)N1CCCC1)c1ccc2c(c1)NC(=O)c1ccccc1S2. The standard InChI is InChI=1S/C26H25N3O2S/c30-25(27-17-22(29-14-6-7-15-29)18-8-2-1-3-9-18)19-12-13-24-21(16-19)28-26(31)20-10-4-5-11-23(20)32-24/h1-5,8-13,16,22H,6-7,14-15,17H2,(H,27,30)(H,28,31). The Morgan fingerprint density at radius 3 is 2.53 bits per heavy atom. The predicted octanol–water partition coefficient (Wildman–Crippen LogP) is 4.97. The highest BCUT2D eigenvalue weighted by Gasteiger charge is 2.25. The van der Waals surface area contributed by atoms with E-state index in [2.05, 4.69) is 27.7 Å². The van der Waals surface area contributed by atoms with Crippen molar-refractivity contribution >= 4 is 29.3 Å². The Bertz CT molecular complexity index is 1140. The number of hydrogen-bond donors (Lipinski definition) is 2. The minimum atomic E-state index is -0.150. The van der Waals surface area contributed by atoms with Crippen molar-refractivity contribution < 1.29 is 9.59 Å². The van der Waals surface area contributed by atoms with E-state index in [1.165, 1.54) is 30.2 Å². The Balaban J connectivity index is 1.33. The Morgan fingerprint density at radius 2 is 1.72 bits per heavy atom. The topological polar surface area (TPSA) is 61.4 Å². The number of benzene rings is 3. The van der Waals surface area contributed by atoms with Gasteiger partial charge in [0.1, 0.15) is 0 Å². The van der Waals surface area contributed by atoms with E-state index in [1.54, 1.807) is 6.07 Å². The van der Waals surface area contributed by atoms with E-state index < -0.39 is 0 Å². The Kier molecular flexibility index (Phi) is 5.97. The number of fused-ring (bicyclic) bond motifs is 2. The van der Waals surface area contributed by atoms with Crippen LogP contribution in [-0.2, 0) is 0 Å². The summed E-state index contributed by atoms with van der Waals surface area (Å²) in [5.41, 5.74) is 3.08. The van der Waals surface area contributed by atoms with Crippen LogP contribution in [0.4, 0.5) is 5.69 Å². The first-order valence-electron chi connectivity index (χ1n) is 11.0. The third-order valence-electron chi connectivity index (χ3n) is 6.06. The highest BCUT2D eigenvalue weighted by molar-refractivity contribution is 7.99. The largest absolute Gasteiger partial charge is 0.350 e. The molecular formula is C26H25N3O2S. The molecule has 2 aliphatic heterocycles. The molecule has 1 atom stereocenters. The lowest BCUT2D eigenvalue weighted by Gasteiger charge is -2.28. The van der Waals surface area contributed by atoms with Crippen molar-refractivity contribution in [2.45, 2.75) is 28.7 Å². The van der Waals surface area contributed by atoms with E-state index in [1.807, 2.05) is 54.6 Å². The van der Waals surface area contributed by atoms with Gasteiger partial charge in [0.05, 0.1) is 17.3 Å². The maximum absolute atomic E-state index is 13.0. The van der Waals surface area contributed by atoms with Crippen LogP contribution in [0, 0.1) is 0 Å². The van der Waals surface area contributed by atoms with Gasteiger partial charge in [-0.25, -0.2) is 0 Å². The molecule has 0 saturated carbocycles. The molecule has 2 amide bonds. The van der Waals surface area contributed by atoms with Crippen molar-refractivity contribution in [1.82, 2.24) is 10.2 Å². The molecule has 0 radical (unpaired) electrons. The van der Waals surface area contributed by atoms with Crippen molar-refractivity contribution in [3.05, 3.63) is 89.5 Å². The second-order valence-electron chi connectivity index (χ2n) is 8.14. The minimum absolute atomic E-state index is 0.131. The van der Waals surface area contributed by atoms with Gasteiger partial charge in [0.2, 0.25) is 0 Å². The summed E-state index contributed by atoms with van der Waals surface area (Å²) in [5.74, 6) is -0.281. The number of hydrogen-bond acceptors (Lipinski definition) is 4. The van der Waals surface area contributed by atoms with E-state index in [4.69, 9.17) is 0 Å². The van der Waals surface area contributed by atoms with Crippen LogP contribution >= 0.6 is 11.8 Å². The van der Waals surface area contributed by atoms with Gasteiger partial charge in [0, 0.05) is 21.9 Å². The van der Waals surface area contributed by atoms with Crippen LogP contribution in [0.25, 0.3) is 0 Å². The number of nitrogens with one attached hydrogen (secondary N) is 2. The number of nitrogens with zero attached hydrogens (tertiary/aromatic N) is 1. The highest BCUT2D eigenvalue weighted by atomic mass is 32.2. The number of likely N-dealkylation sites (tertiary alicyclic amines) is 1. The first-order chi connectivity index (χ1) is 15.7. The fourth-order valence-electron chi connectivity index (χ4n) is 4.39. The average molecular weight is 444 g/mol. The van der Waals surface area contributed by atoms with Crippen molar-refractivity contribution in [3.63, 3.8) is 0 Å². The number of anilines is 1. The molecule has 5 rings (SSSR count). The third kappa shape index (κ3) is 4.29. The molecular weight excluding hydrogens is 418 g/mol. The maximum atomic E-state index is 13.0. The normalized spacial score (nSPS) is 16.4. The summed E-state index contributed by atoms with van der Waals surface area (Å²) in [4.78, 5) is 29.9. The van der Waals surface area contributed by atoms with Crippen LogP contribution in [0.2, 0.25) is 0 Å². The first kappa shape index (κ1) is 20.8. The number of carbonyl (C=O) groups is 2. The van der Waals surface area contributed by atoms with Crippen LogP contribution in [-0.4, -0.2) is 36.3 Å². The second kappa shape index (κ2) is 9.18. The van der Waals surface area contributed by atoms with E-state index in [0.29, 0.717) is 23.4 Å². The Labute approximate surface area is 192 Å². The minimum Gasteiger partial charge on any atom is -0.350 e. The molecule has 1 saturated heterocycles. The molecule has 2 heterocycles. The summed E-state index contributed by atoms with van der Waals surface area (Å²) in [6.45, 7) is 2.66. The number of carbonyl (C=O) groups excluding carboxylic acids is 2. The molecule has 1 unspecified atom stereocenters. The van der Waals surface area contributed by atoms with Crippen LogP contribution in [0.1, 0.15) is 45.2 Å². The summed E-state index contributed by atoms with van der Waals surface area (Å²) < 4.78 is 0. The summed E-state index contributed by atoms with van der Waals surface area (Å²) in [6, 6.07) is 23.6. The molecule has 32 heavy (non-hydrogen) atoms. The van der Waals surface area contributed by atoms with Gasteiger partial charge in [-0.1, -0.05) is 54.2 Å². The fourth-order valence-corrected chi connectivity index (χ4v) is 5.40. The van der Waals surface area contributed by atoms with Crippen molar-refractivity contribution in [3.8, 4) is 0 Å².